The molecule has 0 aromatic carbocycles. The van der Waals surface area contributed by atoms with E-state index in [-0.39, 0.29) is 17.5 Å². The van der Waals surface area contributed by atoms with E-state index in [0.717, 1.165) is 19.2 Å². The van der Waals surface area contributed by atoms with Gasteiger partial charge in [-0.1, -0.05) is 6.92 Å². The number of nitrogens with zero attached hydrogens (tertiary/aromatic N) is 4. The second kappa shape index (κ2) is 6.83. The summed E-state index contributed by atoms with van der Waals surface area (Å²) in [5.41, 5.74) is 5.27. The van der Waals surface area contributed by atoms with Crippen molar-refractivity contribution in [1.29, 1.82) is 0 Å². The molecule has 1 rings (SSSR count). The summed E-state index contributed by atoms with van der Waals surface area (Å²) in [7, 11) is 2.01. The van der Waals surface area contributed by atoms with Crippen LogP contribution in [-0.2, 0) is 0 Å². The van der Waals surface area contributed by atoms with Crippen LogP contribution in [0.3, 0.4) is 0 Å². The summed E-state index contributed by atoms with van der Waals surface area (Å²) in [5, 5.41) is 13.7. The summed E-state index contributed by atoms with van der Waals surface area (Å²) < 4.78 is 0. The van der Waals surface area contributed by atoms with Crippen LogP contribution in [0.2, 0.25) is 0 Å². The van der Waals surface area contributed by atoms with E-state index in [1.165, 1.54) is 0 Å². The second-order valence-corrected chi connectivity index (χ2v) is 4.38. The maximum Gasteiger partial charge on any atom is 0.329 e. The highest BCUT2D eigenvalue weighted by atomic mass is 16.6. The van der Waals surface area contributed by atoms with Gasteiger partial charge in [0, 0.05) is 19.1 Å². The van der Waals surface area contributed by atoms with Gasteiger partial charge in [-0.3, -0.25) is 10.1 Å². The molecule has 0 saturated heterocycles. The SMILES string of the molecule is CCC(C)N(C)CCNc1nc(N)ncc1[N+](=O)[O-]. The first kappa shape index (κ1) is 15.1. The van der Waals surface area contributed by atoms with E-state index in [1.807, 2.05) is 7.05 Å². The lowest BCUT2D eigenvalue weighted by molar-refractivity contribution is -0.384. The molecule has 3 N–H and O–H groups in total. The molecule has 0 radical (unpaired) electrons. The number of likely N-dealkylation sites (N-methyl/N-ethyl adjacent to an activating group) is 1. The molecule has 0 aliphatic carbocycles. The molecule has 8 nitrogen and oxygen atoms in total. The zero-order valence-electron chi connectivity index (χ0n) is 11.5. The first-order valence-corrected chi connectivity index (χ1v) is 6.16. The summed E-state index contributed by atoms with van der Waals surface area (Å²) in [4.78, 5) is 19.9. The third-order valence-electron chi connectivity index (χ3n) is 3.08. The zero-order valence-corrected chi connectivity index (χ0v) is 11.5. The third-order valence-corrected chi connectivity index (χ3v) is 3.08. The van der Waals surface area contributed by atoms with Crippen LogP contribution in [0.5, 0.6) is 0 Å². The average Bonchev–Trinajstić information content (AvgIpc) is 2.37. The average molecular weight is 268 g/mol. The van der Waals surface area contributed by atoms with Gasteiger partial charge in [0.25, 0.3) is 0 Å². The summed E-state index contributed by atoms with van der Waals surface area (Å²) in [6.45, 7) is 5.56. The lowest BCUT2D eigenvalue weighted by atomic mass is 10.2. The molecule has 1 unspecified atom stereocenters. The highest BCUT2D eigenvalue weighted by molar-refractivity contribution is 5.56. The van der Waals surface area contributed by atoms with Crippen molar-refractivity contribution in [3.8, 4) is 0 Å². The summed E-state index contributed by atoms with van der Waals surface area (Å²) >= 11 is 0. The van der Waals surface area contributed by atoms with Crippen LogP contribution in [0, 0.1) is 10.1 Å². The molecule has 0 bridgehead atoms. The molecule has 0 aliphatic rings. The Balaban J connectivity index is 2.62. The molecule has 1 atom stereocenters. The molecule has 0 aliphatic heterocycles. The molecule has 106 valence electrons. The Bertz CT molecular complexity index is 439. The highest BCUT2D eigenvalue weighted by Crippen LogP contribution is 2.20. The van der Waals surface area contributed by atoms with Gasteiger partial charge < -0.3 is 16.0 Å². The predicted octanol–water partition coefficient (Wildman–Crippen LogP) is 1.11. The smallest absolute Gasteiger partial charge is 0.329 e. The minimum Gasteiger partial charge on any atom is -0.368 e. The van der Waals surface area contributed by atoms with Gasteiger partial charge in [-0.2, -0.15) is 4.98 Å². The Hall–Kier alpha value is -1.96. The van der Waals surface area contributed by atoms with E-state index in [1.54, 1.807) is 0 Å². The van der Waals surface area contributed by atoms with Gasteiger partial charge in [0.05, 0.1) is 4.92 Å². The van der Waals surface area contributed by atoms with Crippen molar-refractivity contribution in [2.75, 3.05) is 31.2 Å². The lowest BCUT2D eigenvalue weighted by Crippen LogP contribution is -2.32. The second-order valence-electron chi connectivity index (χ2n) is 4.38. The largest absolute Gasteiger partial charge is 0.368 e. The maximum atomic E-state index is 10.8. The number of hydrogen-bond acceptors (Lipinski definition) is 7. The van der Waals surface area contributed by atoms with Crippen molar-refractivity contribution < 1.29 is 4.92 Å². The minimum absolute atomic E-state index is 0.0170. The molecular formula is C11H20N6O2. The molecule has 8 heteroatoms. The van der Waals surface area contributed by atoms with Crippen molar-refractivity contribution in [2.45, 2.75) is 26.3 Å². The Morgan fingerprint density at radius 1 is 1.63 bits per heavy atom. The fourth-order valence-corrected chi connectivity index (χ4v) is 1.54. The fourth-order valence-electron chi connectivity index (χ4n) is 1.54. The van der Waals surface area contributed by atoms with Gasteiger partial charge in [0.15, 0.2) is 0 Å². The Morgan fingerprint density at radius 2 is 2.32 bits per heavy atom. The van der Waals surface area contributed by atoms with Crippen LogP contribution in [-0.4, -0.2) is 46.0 Å². The van der Waals surface area contributed by atoms with Gasteiger partial charge in [0.2, 0.25) is 11.8 Å². The van der Waals surface area contributed by atoms with Crippen LogP contribution in [0.1, 0.15) is 20.3 Å². The summed E-state index contributed by atoms with van der Waals surface area (Å²) in [5.74, 6) is 0.179. The lowest BCUT2D eigenvalue weighted by Gasteiger charge is -2.23. The maximum absolute atomic E-state index is 10.8. The third kappa shape index (κ3) is 4.32. The van der Waals surface area contributed by atoms with Crippen LogP contribution in [0.15, 0.2) is 6.20 Å². The Labute approximate surface area is 112 Å². The van der Waals surface area contributed by atoms with E-state index in [0.29, 0.717) is 12.6 Å². The molecule has 19 heavy (non-hydrogen) atoms. The monoisotopic (exact) mass is 268 g/mol. The summed E-state index contributed by atoms with van der Waals surface area (Å²) in [6, 6.07) is 0.465. The minimum atomic E-state index is -0.528. The van der Waals surface area contributed by atoms with Crippen molar-refractivity contribution in [3.05, 3.63) is 16.3 Å². The van der Waals surface area contributed by atoms with Crippen LogP contribution < -0.4 is 11.1 Å². The normalized spacial score (nSPS) is 12.4. The fraction of sp³-hybridized carbons (Fsp3) is 0.636. The quantitative estimate of drug-likeness (QED) is 0.563. The molecule has 0 fully saturated rings. The van der Waals surface area contributed by atoms with E-state index in [4.69, 9.17) is 5.73 Å². The molecule has 0 saturated carbocycles. The van der Waals surface area contributed by atoms with Crippen LogP contribution in [0.25, 0.3) is 0 Å². The number of hydrogen-bond donors (Lipinski definition) is 2. The number of rotatable bonds is 7. The standard InChI is InChI=1S/C11H20N6O2/c1-4-8(2)16(3)6-5-13-10-9(17(18)19)7-14-11(12)15-10/h7-8H,4-6H2,1-3H3,(H3,12,13,14,15). The van der Waals surface area contributed by atoms with E-state index >= 15 is 0 Å². The van der Waals surface area contributed by atoms with E-state index in [2.05, 4.69) is 34.0 Å². The van der Waals surface area contributed by atoms with Crippen molar-refractivity contribution >= 4 is 17.5 Å². The molecule has 1 aromatic heterocycles. The van der Waals surface area contributed by atoms with Gasteiger partial charge in [0.1, 0.15) is 6.20 Å². The number of nitro groups is 1. The number of nitrogens with two attached hydrogens (primary N) is 1. The predicted molar refractivity (Wildman–Crippen MR) is 74.0 cm³/mol. The number of anilines is 2. The molecule has 0 spiro atoms. The van der Waals surface area contributed by atoms with Gasteiger partial charge in [-0.05, 0) is 20.4 Å². The molecule has 1 aromatic rings. The number of aromatic nitrogens is 2. The molecule has 0 amide bonds. The molecular weight excluding hydrogens is 248 g/mol. The van der Waals surface area contributed by atoms with Crippen molar-refractivity contribution in [3.63, 3.8) is 0 Å². The van der Waals surface area contributed by atoms with Gasteiger partial charge >= 0.3 is 5.69 Å². The number of nitrogen functional groups attached to an aromatic ring is 1. The summed E-state index contributed by atoms with van der Waals surface area (Å²) in [6.07, 6.45) is 2.17. The first-order chi connectivity index (χ1) is 8.95. The zero-order chi connectivity index (χ0) is 14.4. The first-order valence-electron chi connectivity index (χ1n) is 6.16. The Morgan fingerprint density at radius 3 is 2.89 bits per heavy atom. The van der Waals surface area contributed by atoms with Crippen LogP contribution >= 0.6 is 0 Å². The van der Waals surface area contributed by atoms with E-state index < -0.39 is 4.92 Å². The van der Waals surface area contributed by atoms with Gasteiger partial charge in [-0.15, -0.1) is 0 Å². The van der Waals surface area contributed by atoms with Gasteiger partial charge in [-0.25, -0.2) is 4.98 Å². The Kier molecular flexibility index (Phi) is 5.43. The van der Waals surface area contributed by atoms with Crippen molar-refractivity contribution in [1.82, 2.24) is 14.9 Å². The van der Waals surface area contributed by atoms with Crippen molar-refractivity contribution in [2.24, 2.45) is 0 Å². The van der Waals surface area contributed by atoms with Crippen LogP contribution in [0.4, 0.5) is 17.5 Å². The van der Waals surface area contributed by atoms with E-state index in [9.17, 15) is 10.1 Å². The molecule has 1 heterocycles. The number of nitrogens with one attached hydrogen (secondary N) is 1. The highest BCUT2D eigenvalue weighted by Gasteiger charge is 2.16. The topological polar surface area (TPSA) is 110 Å².